The van der Waals surface area contributed by atoms with Crippen molar-refractivity contribution in [2.75, 3.05) is 0 Å². The van der Waals surface area contributed by atoms with Crippen LogP contribution in [-0.2, 0) is 4.79 Å². The molecule has 0 saturated carbocycles. The molecule has 0 heterocycles. The van der Waals surface area contributed by atoms with E-state index in [9.17, 15) is 9.59 Å². The number of carbonyl (C=O) groups excluding carboxylic acids is 2. The van der Waals surface area contributed by atoms with Crippen molar-refractivity contribution in [1.29, 1.82) is 0 Å². The fourth-order valence-corrected chi connectivity index (χ4v) is 3.18. The molecule has 2 aromatic carbocycles. The van der Waals surface area contributed by atoms with Gasteiger partial charge in [0, 0.05) is 0 Å². The van der Waals surface area contributed by atoms with Crippen LogP contribution in [-0.4, -0.2) is 55.3 Å². The van der Waals surface area contributed by atoms with Crippen LogP contribution in [0.4, 0.5) is 0 Å². The van der Waals surface area contributed by atoms with Crippen LogP contribution < -0.4 is 5.43 Å². The van der Waals surface area contributed by atoms with Crippen LogP contribution >= 0.6 is 0 Å². The standard InChI is InChI=1S/C20H23GeN2O2.3H2O/c1-20(2,3)23(19(25)16-12-8-5-9-13-16)22-18(24)14-17(21)15-10-6-4-7-11-15;;;/h4-13,17H,14H2,1-3H3,(H,22,24);3*1H2. The maximum absolute atomic E-state index is 12.8. The van der Waals surface area contributed by atoms with Crippen LogP contribution in [0.15, 0.2) is 60.7 Å². The van der Waals surface area contributed by atoms with Gasteiger partial charge < -0.3 is 16.4 Å². The fraction of sp³-hybridized carbons (Fsp3) is 0.300. The molecule has 0 spiro atoms. The number of rotatable bonds is 4. The van der Waals surface area contributed by atoms with Crippen molar-refractivity contribution in [2.45, 2.75) is 37.5 Å². The minimum absolute atomic E-state index is 0. The van der Waals surface area contributed by atoms with Crippen molar-refractivity contribution >= 4 is 28.3 Å². The van der Waals surface area contributed by atoms with Crippen LogP contribution in [0.2, 0.25) is 0 Å². The van der Waals surface area contributed by atoms with Gasteiger partial charge in [-0.05, 0) is 0 Å². The van der Waals surface area contributed by atoms with Crippen molar-refractivity contribution in [3.8, 4) is 0 Å². The molecule has 0 aromatic heterocycles. The van der Waals surface area contributed by atoms with E-state index in [0.717, 1.165) is 5.56 Å². The number of hydrazine groups is 1. The SMILES string of the molecule is CC(C)(C)N(NC(=O)C[CH]([Ge])c1ccccc1)C(=O)c1ccccc1.O.O.O. The first kappa shape index (κ1) is 28.0. The number of hydrogen-bond donors (Lipinski definition) is 1. The molecular formula is C20H29GeN2O5. The molecule has 2 aromatic rings. The molecule has 8 heteroatoms. The number of hydrogen-bond acceptors (Lipinski definition) is 2. The molecule has 7 N–H and O–H groups in total. The molecule has 7 nitrogen and oxygen atoms in total. The van der Waals surface area contributed by atoms with Crippen LogP contribution in [0, 0.1) is 0 Å². The first-order chi connectivity index (χ1) is 11.8. The van der Waals surface area contributed by atoms with E-state index in [0.29, 0.717) is 12.0 Å². The molecule has 2 amide bonds. The summed E-state index contributed by atoms with van der Waals surface area (Å²) in [5, 5.41) is 1.42. The summed E-state index contributed by atoms with van der Waals surface area (Å²) in [6.07, 6.45) is 0.318. The summed E-state index contributed by atoms with van der Waals surface area (Å²) >= 11 is 2.01. The summed E-state index contributed by atoms with van der Waals surface area (Å²) in [5.41, 5.74) is 3.93. The summed E-state index contributed by atoms with van der Waals surface area (Å²) < 4.78 is 0.0786. The largest absolute Gasteiger partial charge is 0.412 e. The van der Waals surface area contributed by atoms with Crippen LogP contribution in [0.5, 0.6) is 0 Å². The van der Waals surface area contributed by atoms with E-state index in [-0.39, 0.29) is 33.0 Å². The zero-order valence-corrected chi connectivity index (χ0v) is 18.4. The van der Waals surface area contributed by atoms with Gasteiger partial charge in [-0.3, -0.25) is 0 Å². The number of nitrogens with zero attached hydrogens (tertiary/aromatic N) is 1. The Balaban J connectivity index is 0. The average molecular weight is 450 g/mol. The van der Waals surface area contributed by atoms with Crippen molar-refractivity contribution in [2.24, 2.45) is 0 Å². The third-order valence-electron chi connectivity index (χ3n) is 3.72. The molecule has 1 atom stereocenters. The average Bonchev–Trinajstić information content (AvgIpc) is 2.59. The maximum Gasteiger partial charge on any atom is -0.412 e. The molecule has 1 unspecified atom stereocenters. The van der Waals surface area contributed by atoms with Crippen molar-refractivity contribution in [1.82, 2.24) is 10.4 Å². The normalized spacial score (nSPS) is 11.0. The monoisotopic (exact) mass is 451 g/mol. The molecule has 3 radical (unpaired) electrons. The molecule has 0 aliphatic heterocycles. The maximum atomic E-state index is 12.8. The predicted molar refractivity (Wildman–Crippen MR) is 111 cm³/mol. The quantitative estimate of drug-likeness (QED) is 0.543. The number of amides is 2. The number of nitrogens with one attached hydrogen (secondary N) is 1. The van der Waals surface area contributed by atoms with Crippen LogP contribution in [0.1, 0.15) is 47.9 Å². The Morgan fingerprint density at radius 3 is 1.86 bits per heavy atom. The Hall–Kier alpha value is -2.20. The third-order valence-corrected chi connectivity index (χ3v) is 4.85. The zero-order chi connectivity index (χ0) is 18.4. The van der Waals surface area contributed by atoms with E-state index in [4.69, 9.17) is 0 Å². The molecule has 0 fully saturated rings. The molecule has 0 aliphatic rings. The van der Waals surface area contributed by atoms with Gasteiger partial charge in [0.2, 0.25) is 0 Å². The molecule has 28 heavy (non-hydrogen) atoms. The van der Waals surface area contributed by atoms with Crippen molar-refractivity contribution < 1.29 is 26.0 Å². The Morgan fingerprint density at radius 1 is 0.929 bits per heavy atom. The number of benzene rings is 2. The second kappa shape index (κ2) is 12.3. The summed E-state index contributed by atoms with van der Waals surface area (Å²) in [5.74, 6) is -0.385. The van der Waals surface area contributed by atoms with Crippen molar-refractivity contribution in [3.63, 3.8) is 0 Å². The van der Waals surface area contributed by atoms with Gasteiger partial charge >= 0.3 is 158 Å². The molecule has 0 saturated heterocycles. The Labute approximate surface area is 174 Å². The predicted octanol–water partition coefficient (Wildman–Crippen LogP) is 0.784. The second-order valence-corrected chi connectivity index (χ2v) is 8.34. The van der Waals surface area contributed by atoms with E-state index < -0.39 is 5.54 Å². The Kier molecular flexibility index (Phi) is 12.3. The van der Waals surface area contributed by atoms with E-state index >= 15 is 0 Å². The van der Waals surface area contributed by atoms with Gasteiger partial charge in [-0.2, -0.15) is 0 Å². The van der Waals surface area contributed by atoms with E-state index in [1.54, 1.807) is 12.1 Å². The zero-order valence-electron chi connectivity index (χ0n) is 16.3. The fourth-order valence-electron chi connectivity index (χ4n) is 2.39. The van der Waals surface area contributed by atoms with Gasteiger partial charge in [-0.1, -0.05) is 0 Å². The number of carbonyl (C=O) groups is 2. The van der Waals surface area contributed by atoms with Crippen molar-refractivity contribution in [3.05, 3.63) is 71.8 Å². The second-order valence-electron chi connectivity index (χ2n) is 6.88. The first-order valence-electron chi connectivity index (χ1n) is 8.24. The first-order valence-corrected chi connectivity index (χ1v) is 9.45. The topological polar surface area (TPSA) is 144 Å². The minimum Gasteiger partial charge on any atom is -0.412 e. The van der Waals surface area contributed by atoms with Gasteiger partial charge in [-0.15, -0.1) is 0 Å². The van der Waals surface area contributed by atoms with Gasteiger partial charge in [-0.25, -0.2) is 0 Å². The molecule has 0 aliphatic carbocycles. The molecule has 153 valence electrons. The summed E-state index contributed by atoms with van der Waals surface area (Å²) in [4.78, 5) is 25.3. The third kappa shape index (κ3) is 7.81. The van der Waals surface area contributed by atoms with Gasteiger partial charge in [0.05, 0.1) is 0 Å². The molecule has 0 bridgehead atoms. The van der Waals surface area contributed by atoms with E-state index in [1.165, 1.54) is 5.01 Å². The van der Waals surface area contributed by atoms with Gasteiger partial charge in [0.1, 0.15) is 0 Å². The molecule has 2 rings (SSSR count). The van der Waals surface area contributed by atoms with E-state index in [2.05, 4.69) is 5.43 Å². The smallest absolute Gasteiger partial charge is 0.412 e. The summed E-state index contributed by atoms with van der Waals surface area (Å²) in [6.45, 7) is 5.69. The Morgan fingerprint density at radius 2 is 1.39 bits per heavy atom. The summed E-state index contributed by atoms with van der Waals surface area (Å²) in [6, 6.07) is 18.9. The van der Waals surface area contributed by atoms with Gasteiger partial charge in [0.15, 0.2) is 0 Å². The van der Waals surface area contributed by atoms with Crippen LogP contribution in [0.3, 0.4) is 0 Å². The van der Waals surface area contributed by atoms with Crippen LogP contribution in [0.25, 0.3) is 0 Å². The molecular weight excluding hydrogens is 421 g/mol. The van der Waals surface area contributed by atoms with E-state index in [1.807, 2.05) is 85.8 Å². The van der Waals surface area contributed by atoms with Gasteiger partial charge in [0.25, 0.3) is 0 Å². The minimum atomic E-state index is -0.529. The Bertz CT molecular complexity index is 720. The summed E-state index contributed by atoms with van der Waals surface area (Å²) in [7, 11) is 0.